The number of halogens is 1. The number of nitro groups is 1. The molecule has 1 aliphatic heterocycles. The summed E-state index contributed by atoms with van der Waals surface area (Å²) in [5.41, 5.74) is 1.26. The molecule has 0 aliphatic carbocycles. The zero-order chi connectivity index (χ0) is 15.4. The lowest BCUT2D eigenvalue weighted by molar-refractivity contribution is -0.384. The van der Waals surface area contributed by atoms with Crippen molar-refractivity contribution in [3.8, 4) is 0 Å². The summed E-state index contributed by atoms with van der Waals surface area (Å²) in [5.74, 6) is 0.530. The minimum absolute atomic E-state index is 0.0123. The van der Waals surface area contributed by atoms with E-state index in [0.29, 0.717) is 17.0 Å². The SMILES string of the molecule is Cc1cc([N+](=O)[O-])ccc1C(=O)N1CCCC(CCBr)C1. The lowest BCUT2D eigenvalue weighted by Gasteiger charge is -2.33. The molecule has 0 aromatic heterocycles. The van der Waals surface area contributed by atoms with Gasteiger partial charge in [0.15, 0.2) is 0 Å². The monoisotopic (exact) mass is 354 g/mol. The van der Waals surface area contributed by atoms with E-state index in [4.69, 9.17) is 0 Å². The quantitative estimate of drug-likeness (QED) is 0.471. The third-order valence-electron chi connectivity index (χ3n) is 3.97. The summed E-state index contributed by atoms with van der Waals surface area (Å²) in [5, 5.41) is 11.7. The van der Waals surface area contributed by atoms with E-state index in [-0.39, 0.29) is 11.6 Å². The number of benzene rings is 1. The van der Waals surface area contributed by atoms with E-state index in [1.165, 1.54) is 12.1 Å². The van der Waals surface area contributed by atoms with E-state index in [2.05, 4.69) is 15.9 Å². The fourth-order valence-electron chi connectivity index (χ4n) is 2.81. The van der Waals surface area contributed by atoms with E-state index in [0.717, 1.165) is 37.7 Å². The molecule has 0 saturated carbocycles. The number of amides is 1. The molecule has 0 radical (unpaired) electrons. The number of hydrogen-bond donors (Lipinski definition) is 0. The molecule has 1 amide bonds. The first-order valence-corrected chi connectivity index (χ1v) is 8.25. The van der Waals surface area contributed by atoms with Gasteiger partial charge in [-0.15, -0.1) is 0 Å². The van der Waals surface area contributed by atoms with E-state index < -0.39 is 4.92 Å². The van der Waals surface area contributed by atoms with E-state index >= 15 is 0 Å². The first kappa shape index (κ1) is 15.9. The van der Waals surface area contributed by atoms with Gasteiger partial charge in [0.1, 0.15) is 0 Å². The van der Waals surface area contributed by atoms with Gasteiger partial charge in [0.05, 0.1) is 4.92 Å². The van der Waals surface area contributed by atoms with Crippen molar-refractivity contribution >= 4 is 27.5 Å². The summed E-state index contributed by atoms with van der Waals surface area (Å²) in [7, 11) is 0. The number of nitro benzene ring substituents is 1. The van der Waals surface area contributed by atoms with Crippen LogP contribution in [0.25, 0.3) is 0 Å². The first-order valence-electron chi connectivity index (χ1n) is 7.13. The van der Waals surface area contributed by atoms with Crippen LogP contribution in [-0.4, -0.2) is 34.2 Å². The highest BCUT2D eigenvalue weighted by molar-refractivity contribution is 9.09. The van der Waals surface area contributed by atoms with Gasteiger partial charge >= 0.3 is 0 Å². The lowest BCUT2D eigenvalue weighted by atomic mass is 9.94. The maximum absolute atomic E-state index is 12.6. The fraction of sp³-hybridized carbons (Fsp3) is 0.533. The Balaban J connectivity index is 2.14. The average molecular weight is 355 g/mol. The maximum atomic E-state index is 12.6. The summed E-state index contributed by atoms with van der Waals surface area (Å²) < 4.78 is 0. The van der Waals surface area contributed by atoms with Gasteiger partial charge in [0, 0.05) is 36.1 Å². The van der Waals surface area contributed by atoms with Crippen molar-refractivity contribution in [1.29, 1.82) is 0 Å². The van der Waals surface area contributed by atoms with Gasteiger partial charge in [-0.05, 0) is 43.7 Å². The van der Waals surface area contributed by atoms with Crippen molar-refractivity contribution in [2.24, 2.45) is 5.92 Å². The average Bonchev–Trinajstić information content (AvgIpc) is 2.47. The smallest absolute Gasteiger partial charge is 0.269 e. The van der Waals surface area contributed by atoms with Crippen molar-refractivity contribution in [3.63, 3.8) is 0 Å². The Morgan fingerprint density at radius 3 is 2.90 bits per heavy atom. The van der Waals surface area contributed by atoms with E-state index in [1.807, 2.05) is 4.90 Å². The molecular formula is C15H19BrN2O3. The Hall–Kier alpha value is -1.43. The van der Waals surface area contributed by atoms with Crippen molar-refractivity contribution < 1.29 is 9.72 Å². The van der Waals surface area contributed by atoms with E-state index in [1.54, 1.807) is 13.0 Å². The van der Waals surface area contributed by atoms with Gasteiger partial charge in [0.2, 0.25) is 0 Å². The van der Waals surface area contributed by atoms with Gasteiger partial charge < -0.3 is 4.90 Å². The molecule has 1 aromatic carbocycles. The predicted octanol–water partition coefficient (Wildman–Crippen LogP) is 3.54. The van der Waals surface area contributed by atoms with Crippen LogP contribution in [0, 0.1) is 23.0 Å². The van der Waals surface area contributed by atoms with Crippen molar-refractivity contribution in [2.75, 3.05) is 18.4 Å². The number of likely N-dealkylation sites (tertiary alicyclic amines) is 1. The molecule has 2 rings (SSSR count). The van der Waals surface area contributed by atoms with Crippen LogP contribution in [0.15, 0.2) is 18.2 Å². The second kappa shape index (κ2) is 7.02. The van der Waals surface area contributed by atoms with E-state index in [9.17, 15) is 14.9 Å². The van der Waals surface area contributed by atoms with Crippen LogP contribution in [0.3, 0.4) is 0 Å². The zero-order valence-corrected chi connectivity index (χ0v) is 13.6. The molecule has 21 heavy (non-hydrogen) atoms. The topological polar surface area (TPSA) is 63.5 Å². The standard InChI is InChI=1S/C15H19BrN2O3/c1-11-9-13(18(20)21)4-5-14(11)15(19)17-8-2-3-12(10-17)6-7-16/h4-5,9,12H,2-3,6-8,10H2,1H3. The van der Waals surface area contributed by atoms with Crippen molar-refractivity contribution in [3.05, 3.63) is 39.4 Å². The van der Waals surface area contributed by atoms with Gasteiger partial charge in [-0.2, -0.15) is 0 Å². The molecule has 1 heterocycles. The van der Waals surface area contributed by atoms with Crippen LogP contribution in [0.4, 0.5) is 5.69 Å². The minimum Gasteiger partial charge on any atom is -0.338 e. The molecule has 1 atom stereocenters. The number of rotatable bonds is 4. The molecule has 0 N–H and O–H groups in total. The first-order chi connectivity index (χ1) is 10.0. The van der Waals surface area contributed by atoms with Gasteiger partial charge in [-0.1, -0.05) is 15.9 Å². The molecule has 1 unspecified atom stereocenters. The minimum atomic E-state index is -0.436. The van der Waals surface area contributed by atoms with Crippen LogP contribution in [0.2, 0.25) is 0 Å². The summed E-state index contributed by atoms with van der Waals surface area (Å²) >= 11 is 3.45. The molecule has 0 spiro atoms. The van der Waals surface area contributed by atoms with Crippen LogP contribution in [0.1, 0.15) is 35.2 Å². The fourth-order valence-corrected chi connectivity index (χ4v) is 3.46. The number of carbonyl (C=O) groups excluding carboxylic acids is 1. The molecule has 6 heteroatoms. The van der Waals surface area contributed by atoms with Crippen molar-refractivity contribution in [1.82, 2.24) is 4.90 Å². The molecule has 1 saturated heterocycles. The highest BCUT2D eigenvalue weighted by atomic mass is 79.9. The Morgan fingerprint density at radius 1 is 1.52 bits per heavy atom. The maximum Gasteiger partial charge on any atom is 0.269 e. The third kappa shape index (κ3) is 3.81. The predicted molar refractivity (Wildman–Crippen MR) is 84.9 cm³/mol. The third-order valence-corrected chi connectivity index (χ3v) is 4.43. The molecule has 5 nitrogen and oxygen atoms in total. The molecule has 1 aliphatic rings. The summed E-state index contributed by atoms with van der Waals surface area (Å²) in [6, 6.07) is 4.44. The molecule has 1 aromatic rings. The zero-order valence-electron chi connectivity index (χ0n) is 12.0. The Morgan fingerprint density at radius 2 is 2.29 bits per heavy atom. The lowest BCUT2D eigenvalue weighted by Crippen LogP contribution is -2.40. The largest absolute Gasteiger partial charge is 0.338 e. The second-order valence-electron chi connectivity index (χ2n) is 5.49. The number of non-ortho nitro benzene ring substituents is 1. The van der Waals surface area contributed by atoms with Crippen LogP contribution < -0.4 is 0 Å². The van der Waals surface area contributed by atoms with Crippen LogP contribution >= 0.6 is 15.9 Å². The number of aryl methyl sites for hydroxylation is 1. The normalized spacial score (nSPS) is 18.6. The highest BCUT2D eigenvalue weighted by Crippen LogP contribution is 2.24. The van der Waals surface area contributed by atoms with Crippen LogP contribution in [-0.2, 0) is 0 Å². The van der Waals surface area contributed by atoms with Gasteiger partial charge in [0.25, 0.3) is 11.6 Å². The molecule has 114 valence electrons. The number of piperidine rings is 1. The summed E-state index contributed by atoms with van der Waals surface area (Å²) in [6.07, 6.45) is 3.26. The molecule has 1 fully saturated rings. The Bertz CT molecular complexity index is 546. The number of hydrogen-bond acceptors (Lipinski definition) is 3. The number of carbonyl (C=O) groups is 1. The Kier molecular flexibility index (Phi) is 5.33. The second-order valence-corrected chi connectivity index (χ2v) is 6.29. The molecular weight excluding hydrogens is 336 g/mol. The highest BCUT2D eigenvalue weighted by Gasteiger charge is 2.25. The Labute approximate surface area is 132 Å². The summed E-state index contributed by atoms with van der Waals surface area (Å²) in [6.45, 7) is 3.30. The number of nitrogens with zero attached hydrogens (tertiary/aromatic N) is 2. The van der Waals surface area contributed by atoms with Crippen LogP contribution in [0.5, 0.6) is 0 Å². The molecule has 0 bridgehead atoms. The number of alkyl halides is 1. The summed E-state index contributed by atoms with van der Waals surface area (Å²) in [4.78, 5) is 24.8. The van der Waals surface area contributed by atoms with Gasteiger partial charge in [-0.25, -0.2) is 0 Å². The van der Waals surface area contributed by atoms with Gasteiger partial charge in [-0.3, -0.25) is 14.9 Å². The van der Waals surface area contributed by atoms with Crippen molar-refractivity contribution in [2.45, 2.75) is 26.2 Å².